The maximum Gasteiger partial charge on any atom is 0.183 e. The van der Waals surface area contributed by atoms with Crippen molar-refractivity contribution < 1.29 is 14.3 Å². The van der Waals surface area contributed by atoms with Crippen LogP contribution in [0.1, 0.15) is 44.1 Å². The Hall–Kier alpha value is -1.95. The van der Waals surface area contributed by atoms with Crippen molar-refractivity contribution in [1.82, 2.24) is 0 Å². The van der Waals surface area contributed by atoms with Crippen LogP contribution in [0, 0.1) is 0 Å². The van der Waals surface area contributed by atoms with Gasteiger partial charge in [-0.1, -0.05) is 37.3 Å². The summed E-state index contributed by atoms with van der Waals surface area (Å²) in [4.78, 5) is 0. The van der Waals surface area contributed by atoms with Crippen LogP contribution in [0.2, 0.25) is 5.02 Å². The van der Waals surface area contributed by atoms with E-state index in [1.807, 2.05) is 18.2 Å². The van der Waals surface area contributed by atoms with Crippen LogP contribution in [0.5, 0.6) is 5.75 Å². The van der Waals surface area contributed by atoms with E-state index in [-0.39, 0.29) is 5.75 Å². The van der Waals surface area contributed by atoms with E-state index >= 15 is 0 Å². The third kappa shape index (κ3) is 7.11. The first-order chi connectivity index (χ1) is 13.9. The van der Waals surface area contributed by atoms with Crippen molar-refractivity contribution >= 4 is 23.0 Å². The van der Waals surface area contributed by atoms with E-state index in [1.165, 1.54) is 25.7 Å². The lowest BCUT2D eigenvalue weighted by molar-refractivity contribution is -0.923. The number of aromatic hydroxyl groups is 1. The van der Waals surface area contributed by atoms with Gasteiger partial charge in [-0.05, 0) is 55.3 Å². The smallest absolute Gasteiger partial charge is 0.183 e. The summed E-state index contributed by atoms with van der Waals surface area (Å²) in [6.07, 6.45) is 7.85. The Morgan fingerprint density at radius 1 is 0.966 bits per heavy atom. The van der Waals surface area contributed by atoms with Crippen molar-refractivity contribution in [3.63, 3.8) is 0 Å². The molecule has 0 amide bonds. The third-order valence-electron chi connectivity index (χ3n) is 5.23. The van der Waals surface area contributed by atoms with Crippen LogP contribution < -0.4 is 0 Å². The van der Waals surface area contributed by atoms with Gasteiger partial charge in [0.25, 0.3) is 0 Å². The molecule has 1 saturated carbocycles. The van der Waals surface area contributed by atoms with E-state index in [1.54, 1.807) is 24.3 Å². The molecule has 0 heterocycles. The van der Waals surface area contributed by atoms with Gasteiger partial charge in [0, 0.05) is 5.02 Å². The van der Waals surface area contributed by atoms with Gasteiger partial charge in [-0.3, -0.25) is 0 Å². The van der Waals surface area contributed by atoms with Gasteiger partial charge in [-0.25, -0.2) is 0 Å². The number of phenolic OH excluding ortho intramolecular Hbond substituents is 1. The maximum atomic E-state index is 10.3. The summed E-state index contributed by atoms with van der Waals surface area (Å²) in [5.41, 5.74) is 2.28. The van der Waals surface area contributed by atoms with Gasteiger partial charge >= 0.3 is 0 Å². The molecule has 29 heavy (non-hydrogen) atoms. The molecule has 156 valence electrons. The van der Waals surface area contributed by atoms with Gasteiger partial charge in [0.05, 0.1) is 37.1 Å². The number of benzene rings is 2. The lowest BCUT2D eigenvalue weighted by Gasteiger charge is -2.31. The van der Waals surface area contributed by atoms with E-state index in [9.17, 15) is 5.11 Å². The van der Waals surface area contributed by atoms with Gasteiger partial charge in [0.2, 0.25) is 0 Å². The van der Waals surface area contributed by atoms with E-state index in [0.717, 1.165) is 24.1 Å². The predicted octanol–water partition coefficient (Wildman–Crippen LogP) is 6.73. The van der Waals surface area contributed by atoms with Crippen LogP contribution in [-0.2, 0) is 11.3 Å². The van der Waals surface area contributed by atoms with Gasteiger partial charge in [0.15, 0.2) is 6.73 Å². The first-order valence-corrected chi connectivity index (χ1v) is 10.7. The highest BCUT2D eigenvalue weighted by Crippen LogP contribution is 2.28. The third-order valence-corrected chi connectivity index (χ3v) is 5.48. The molecule has 2 aromatic carbocycles. The highest BCUT2D eigenvalue weighted by atomic mass is 35.5. The number of hydrogen-bond acceptors (Lipinski definition) is 4. The Balaban J connectivity index is 1.62. The van der Waals surface area contributed by atoms with Gasteiger partial charge < -0.3 is 14.3 Å². The lowest BCUT2D eigenvalue weighted by atomic mass is 10.1. The van der Waals surface area contributed by atoms with E-state index in [0.29, 0.717) is 34.6 Å². The number of phenols is 1. The molecule has 0 radical (unpaired) electrons. The van der Waals surface area contributed by atoms with E-state index < -0.39 is 0 Å². The summed E-state index contributed by atoms with van der Waals surface area (Å²) < 4.78 is 6.86. The molecule has 0 aromatic heterocycles. The molecule has 1 aliphatic carbocycles. The predicted molar refractivity (Wildman–Crippen MR) is 117 cm³/mol. The van der Waals surface area contributed by atoms with Crippen LogP contribution in [0.25, 0.3) is 0 Å². The number of quaternary nitrogens is 1. The number of ether oxygens (including phenoxy) is 1. The Morgan fingerprint density at radius 3 is 2.28 bits per heavy atom. The minimum Gasteiger partial charge on any atom is -0.507 e. The number of azo groups is 1. The number of hydrogen-bond donors (Lipinski definition) is 1. The largest absolute Gasteiger partial charge is 0.507 e. The number of rotatable bonds is 7. The SMILES string of the molecule is C[N+](C)(COC1CCCCCC1)Cc1cc(N=Nc2ccc(Cl)cc2)ccc1O. The van der Waals surface area contributed by atoms with E-state index in [4.69, 9.17) is 16.3 Å². The van der Waals surface area contributed by atoms with Crippen molar-refractivity contribution in [1.29, 1.82) is 0 Å². The Kier molecular flexibility index (Phi) is 7.64. The summed E-state index contributed by atoms with van der Waals surface area (Å²) in [6.45, 7) is 1.28. The first kappa shape index (κ1) is 21.8. The molecule has 2 aromatic rings. The fourth-order valence-electron chi connectivity index (χ4n) is 3.61. The Morgan fingerprint density at radius 2 is 1.59 bits per heavy atom. The molecule has 5 nitrogen and oxygen atoms in total. The Bertz CT molecular complexity index is 813. The summed E-state index contributed by atoms with van der Waals surface area (Å²) in [5, 5.41) is 19.5. The minimum atomic E-state index is 0.274. The molecular weight excluding hydrogens is 386 g/mol. The van der Waals surface area contributed by atoms with Crippen LogP contribution in [-0.4, -0.2) is 36.5 Å². The van der Waals surface area contributed by atoms with Crippen LogP contribution in [0.15, 0.2) is 52.7 Å². The van der Waals surface area contributed by atoms with Crippen molar-refractivity contribution in [3.05, 3.63) is 53.1 Å². The monoisotopic (exact) mass is 416 g/mol. The maximum absolute atomic E-state index is 10.3. The molecule has 6 heteroatoms. The molecule has 1 aliphatic rings. The van der Waals surface area contributed by atoms with Crippen LogP contribution in [0.4, 0.5) is 11.4 Å². The second-order valence-corrected chi connectivity index (χ2v) is 8.93. The molecule has 0 aliphatic heterocycles. The van der Waals surface area contributed by atoms with Crippen molar-refractivity contribution in [2.75, 3.05) is 20.8 Å². The van der Waals surface area contributed by atoms with Gasteiger partial charge in [-0.15, -0.1) is 0 Å². The zero-order valence-corrected chi connectivity index (χ0v) is 18.1. The normalized spacial score (nSPS) is 16.2. The van der Waals surface area contributed by atoms with Crippen LogP contribution in [0.3, 0.4) is 0 Å². The second kappa shape index (κ2) is 10.2. The highest BCUT2D eigenvalue weighted by molar-refractivity contribution is 6.30. The summed E-state index contributed by atoms with van der Waals surface area (Å²) >= 11 is 5.90. The Labute approximate surface area is 178 Å². The molecule has 0 bridgehead atoms. The second-order valence-electron chi connectivity index (χ2n) is 8.49. The van der Waals surface area contributed by atoms with Crippen molar-refractivity contribution in [2.24, 2.45) is 10.2 Å². The quantitative estimate of drug-likeness (QED) is 0.235. The number of nitrogens with zero attached hydrogens (tertiary/aromatic N) is 3. The molecule has 0 saturated heterocycles. The minimum absolute atomic E-state index is 0.274. The summed E-state index contributed by atoms with van der Waals surface area (Å²) in [5.74, 6) is 0.274. The van der Waals surface area contributed by atoms with Gasteiger partial charge in [-0.2, -0.15) is 10.2 Å². The molecule has 1 fully saturated rings. The molecule has 0 spiro atoms. The molecule has 3 rings (SSSR count). The molecule has 1 N–H and O–H groups in total. The zero-order valence-electron chi connectivity index (χ0n) is 17.4. The highest BCUT2D eigenvalue weighted by Gasteiger charge is 2.22. The zero-order chi connectivity index (χ0) is 20.7. The van der Waals surface area contributed by atoms with Gasteiger partial charge in [0.1, 0.15) is 12.3 Å². The average molecular weight is 417 g/mol. The lowest BCUT2D eigenvalue weighted by Crippen LogP contribution is -2.42. The summed E-state index contributed by atoms with van der Waals surface area (Å²) in [6, 6.07) is 12.5. The molecular formula is C23H31ClN3O2+. The standard InChI is InChI=1S/C23H30ClN3O2/c1-27(2,17-29-22-7-5-3-4-6-8-22)16-18-15-21(13-14-23(18)28)26-25-20-11-9-19(24)10-12-20/h9-15,22H,3-8,16-17H2,1-2H3/p+1. The topological polar surface area (TPSA) is 54.2 Å². The average Bonchev–Trinajstić information content (AvgIpc) is 2.97. The molecule has 0 unspecified atom stereocenters. The van der Waals surface area contributed by atoms with Crippen molar-refractivity contribution in [2.45, 2.75) is 51.2 Å². The van der Waals surface area contributed by atoms with Crippen LogP contribution >= 0.6 is 11.6 Å². The molecule has 0 atom stereocenters. The fraction of sp³-hybridized carbons (Fsp3) is 0.478. The summed E-state index contributed by atoms with van der Waals surface area (Å²) in [7, 11) is 4.25. The number of halogens is 1. The van der Waals surface area contributed by atoms with Crippen molar-refractivity contribution in [3.8, 4) is 5.75 Å². The van der Waals surface area contributed by atoms with E-state index in [2.05, 4.69) is 24.3 Å². The first-order valence-electron chi connectivity index (χ1n) is 10.3. The fourth-order valence-corrected chi connectivity index (χ4v) is 3.73.